The van der Waals surface area contributed by atoms with Gasteiger partial charge in [0, 0.05) is 25.0 Å². The van der Waals surface area contributed by atoms with Crippen molar-refractivity contribution < 1.29 is 4.79 Å². The number of amides is 1. The van der Waals surface area contributed by atoms with Gasteiger partial charge in [0.25, 0.3) is 5.56 Å². The van der Waals surface area contributed by atoms with Crippen LogP contribution in [-0.2, 0) is 11.8 Å². The summed E-state index contributed by atoms with van der Waals surface area (Å²) < 4.78 is 2.21. The maximum atomic E-state index is 12.8. The molecule has 1 aliphatic rings. The summed E-state index contributed by atoms with van der Waals surface area (Å²) in [6, 6.07) is 12.0. The number of fused-ring (bicyclic) bond motifs is 1. The van der Waals surface area contributed by atoms with Crippen molar-refractivity contribution in [1.29, 1.82) is 0 Å². The summed E-state index contributed by atoms with van der Waals surface area (Å²) in [6.45, 7) is 1.69. The van der Waals surface area contributed by atoms with Crippen LogP contribution >= 0.6 is 23.1 Å². The van der Waals surface area contributed by atoms with Gasteiger partial charge in [0.2, 0.25) is 5.91 Å². The predicted molar refractivity (Wildman–Crippen MR) is 111 cm³/mol. The molecule has 1 aromatic carbocycles. The smallest absolute Gasteiger partial charge is 0.271 e. The molecule has 1 saturated heterocycles. The van der Waals surface area contributed by atoms with Crippen molar-refractivity contribution in [2.24, 2.45) is 7.05 Å². The molecule has 1 fully saturated rings. The zero-order chi connectivity index (χ0) is 18.8. The van der Waals surface area contributed by atoms with Gasteiger partial charge in [-0.3, -0.25) is 14.2 Å². The van der Waals surface area contributed by atoms with E-state index in [-0.39, 0.29) is 11.5 Å². The minimum Gasteiger partial charge on any atom is -0.342 e. The first-order valence-corrected chi connectivity index (χ1v) is 10.9. The van der Waals surface area contributed by atoms with Gasteiger partial charge in [0.15, 0.2) is 5.16 Å². The molecule has 3 aromatic rings. The van der Waals surface area contributed by atoms with Crippen molar-refractivity contribution >= 4 is 39.2 Å². The molecule has 1 aliphatic heterocycles. The molecule has 0 bridgehead atoms. The van der Waals surface area contributed by atoms with Crippen LogP contribution < -0.4 is 5.56 Å². The minimum absolute atomic E-state index is 0.0555. The number of benzene rings is 1. The van der Waals surface area contributed by atoms with E-state index in [1.165, 1.54) is 29.5 Å². The van der Waals surface area contributed by atoms with Crippen LogP contribution in [0, 0.1) is 0 Å². The third-order valence-electron chi connectivity index (χ3n) is 4.81. The van der Waals surface area contributed by atoms with Crippen LogP contribution in [0.5, 0.6) is 0 Å². The molecule has 140 valence electrons. The number of carbonyl (C=O) groups is 1. The molecule has 5 nitrogen and oxygen atoms in total. The fraction of sp³-hybridized carbons (Fsp3) is 0.350. The lowest BCUT2D eigenvalue weighted by Gasteiger charge is -2.26. The highest BCUT2D eigenvalue weighted by Crippen LogP contribution is 2.31. The van der Waals surface area contributed by atoms with Gasteiger partial charge in [-0.2, -0.15) is 0 Å². The number of hydrogen-bond acceptors (Lipinski definition) is 5. The minimum atomic E-state index is -0.0555. The van der Waals surface area contributed by atoms with Crippen LogP contribution in [0.25, 0.3) is 20.7 Å². The van der Waals surface area contributed by atoms with E-state index < -0.39 is 0 Å². The Morgan fingerprint density at radius 3 is 2.67 bits per heavy atom. The number of thioether (sulfide) groups is 1. The summed E-state index contributed by atoms with van der Waals surface area (Å²) in [5.41, 5.74) is 1.73. The Hall–Kier alpha value is -2.12. The maximum absolute atomic E-state index is 12.8. The molecule has 0 saturated carbocycles. The van der Waals surface area contributed by atoms with E-state index in [0.29, 0.717) is 21.1 Å². The van der Waals surface area contributed by atoms with Gasteiger partial charge < -0.3 is 4.90 Å². The molecule has 0 atom stereocenters. The third-order valence-corrected chi connectivity index (χ3v) is 6.98. The number of carbonyl (C=O) groups excluding carboxylic acids is 1. The van der Waals surface area contributed by atoms with E-state index in [0.717, 1.165) is 36.4 Å². The number of aromatic nitrogens is 2. The predicted octanol–water partition coefficient (Wildman–Crippen LogP) is 3.77. The molecule has 27 heavy (non-hydrogen) atoms. The standard InChI is InChI=1S/C20H21N3O2S2/c1-22-19(25)18-15(12-16(27-18)14-8-4-2-5-9-14)21-20(22)26-13-17(24)23-10-6-3-7-11-23/h2,4-5,8-9,12H,3,6-7,10-11,13H2,1H3. The Balaban J connectivity index is 1.59. The quantitative estimate of drug-likeness (QED) is 0.495. The SMILES string of the molecule is Cn1c(SCC(=O)N2CCCCC2)nc2cc(-c3ccccc3)sc2c1=O. The van der Waals surface area contributed by atoms with E-state index >= 15 is 0 Å². The fourth-order valence-electron chi connectivity index (χ4n) is 3.27. The molecule has 1 amide bonds. The van der Waals surface area contributed by atoms with Gasteiger partial charge in [-0.05, 0) is 30.9 Å². The first kappa shape index (κ1) is 18.3. The summed E-state index contributed by atoms with van der Waals surface area (Å²) in [6.07, 6.45) is 3.36. The Morgan fingerprint density at radius 1 is 1.19 bits per heavy atom. The lowest BCUT2D eigenvalue weighted by atomic mass is 10.1. The van der Waals surface area contributed by atoms with Crippen molar-refractivity contribution in [3.05, 3.63) is 46.8 Å². The molecule has 0 unspecified atom stereocenters. The summed E-state index contributed by atoms with van der Waals surface area (Å²) >= 11 is 2.81. The molecule has 2 aromatic heterocycles. The van der Waals surface area contributed by atoms with E-state index in [1.54, 1.807) is 11.6 Å². The number of rotatable bonds is 4. The van der Waals surface area contributed by atoms with E-state index in [1.807, 2.05) is 41.3 Å². The van der Waals surface area contributed by atoms with E-state index in [2.05, 4.69) is 4.98 Å². The van der Waals surface area contributed by atoms with Gasteiger partial charge in [-0.1, -0.05) is 42.1 Å². The fourth-order valence-corrected chi connectivity index (χ4v) is 5.22. The van der Waals surface area contributed by atoms with Crippen molar-refractivity contribution in [3.63, 3.8) is 0 Å². The zero-order valence-electron chi connectivity index (χ0n) is 15.2. The topological polar surface area (TPSA) is 55.2 Å². The van der Waals surface area contributed by atoms with Gasteiger partial charge in [-0.15, -0.1) is 11.3 Å². The van der Waals surface area contributed by atoms with Gasteiger partial charge >= 0.3 is 0 Å². The molecule has 7 heteroatoms. The highest BCUT2D eigenvalue weighted by atomic mass is 32.2. The zero-order valence-corrected chi connectivity index (χ0v) is 16.8. The molecular formula is C20H21N3O2S2. The number of hydrogen-bond donors (Lipinski definition) is 0. The van der Waals surface area contributed by atoms with Crippen LogP contribution in [0.15, 0.2) is 46.3 Å². The van der Waals surface area contributed by atoms with Crippen molar-refractivity contribution in [3.8, 4) is 10.4 Å². The third kappa shape index (κ3) is 3.80. The van der Waals surface area contributed by atoms with E-state index in [9.17, 15) is 9.59 Å². The lowest BCUT2D eigenvalue weighted by Crippen LogP contribution is -2.36. The molecular weight excluding hydrogens is 378 g/mol. The number of piperidine rings is 1. The second-order valence-corrected chi connectivity index (χ2v) is 8.67. The van der Waals surface area contributed by atoms with Crippen LogP contribution in [0.2, 0.25) is 0 Å². The van der Waals surface area contributed by atoms with Crippen LogP contribution in [0.3, 0.4) is 0 Å². The summed E-state index contributed by atoms with van der Waals surface area (Å²) in [4.78, 5) is 32.8. The summed E-state index contributed by atoms with van der Waals surface area (Å²) in [7, 11) is 1.73. The van der Waals surface area contributed by atoms with Crippen LogP contribution in [0.4, 0.5) is 0 Å². The number of nitrogens with zero attached hydrogens (tertiary/aromatic N) is 3. The average molecular weight is 400 g/mol. The number of thiophene rings is 1. The summed E-state index contributed by atoms with van der Waals surface area (Å²) in [5, 5.41) is 0.593. The Labute approximate surface area is 166 Å². The molecule has 0 N–H and O–H groups in total. The van der Waals surface area contributed by atoms with Gasteiger partial charge in [-0.25, -0.2) is 4.98 Å². The van der Waals surface area contributed by atoms with Crippen LogP contribution in [-0.4, -0.2) is 39.2 Å². The summed E-state index contributed by atoms with van der Waals surface area (Å²) in [5.74, 6) is 0.450. The Bertz CT molecular complexity index is 1020. The van der Waals surface area contributed by atoms with Gasteiger partial charge in [0.05, 0.1) is 11.3 Å². The molecule has 0 aliphatic carbocycles. The highest BCUT2D eigenvalue weighted by molar-refractivity contribution is 7.99. The normalized spacial score (nSPS) is 14.6. The lowest BCUT2D eigenvalue weighted by molar-refractivity contribution is -0.129. The van der Waals surface area contributed by atoms with Crippen LogP contribution in [0.1, 0.15) is 19.3 Å². The second-order valence-electron chi connectivity index (χ2n) is 6.68. The van der Waals surface area contributed by atoms with Gasteiger partial charge in [0.1, 0.15) is 4.70 Å². The van der Waals surface area contributed by atoms with Crippen molar-refractivity contribution in [2.45, 2.75) is 24.4 Å². The second kappa shape index (κ2) is 7.86. The Kier molecular flexibility index (Phi) is 5.31. The highest BCUT2D eigenvalue weighted by Gasteiger charge is 2.18. The molecule has 3 heterocycles. The number of likely N-dealkylation sites (tertiary alicyclic amines) is 1. The Morgan fingerprint density at radius 2 is 1.93 bits per heavy atom. The largest absolute Gasteiger partial charge is 0.342 e. The van der Waals surface area contributed by atoms with Crippen molar-refractivity contribution in [2.75, 3.05) is 18.8 Å². The first-order chi connectivity index (χ1) is 13.1. The molecule has 0 radical (unpaired) electrons. The average Bonchev–Trinajstić information content (AvgIpc) is 3.15. The van der Waals surface area contributed by atoms with E-state index in [4.69, 9.17) is 0 Å². The monoisotopic (exact) mass is 399 g/mol. The maximum Gasteiger partial charge on any atom is 0.271 e. The van der Waals surface area contributed by atoms with Crippen molar-refractivity contribution in [1.82, 2.24) is 14.5 Å². The molecule has 4 rings (SSSR count). The molecule has 0 spiro atoms. The first-order valence-electron chi connectivity index (χ1n) is 9.10.